The average molecular weight is 342 g/mol. The van der Waals surface area contributed by atoms with E-state index >= 15 is 0 Å². The summed E-state index contributed by atoms with van der Waals surface area (Å²) in [6, 6.07) is 3.54. The normalized spacial score (nSPS) is 26.9. The van der Waals surface area contributed by atoms with Gasteiger partial charge in [-0.3, -0.25) is 4.79 Å². The minimum atomic E-state index is -0.746. The first-order valence-corrected chi connectivity index (χ1v) is 7.70. The van der Waals surface area contributed by atoms with Crippen LogP contribution in [0.3, 0.4) is 0 Å². The second-order valence-corrected chi connectivity index (χ2v) is 6.38. The molecule has 1 fully saturated rings. The van der Waals surface area contributed by atoms with Crippen molar-refractivity contribution in [3.8, 4) is 0 Å². The van der Waals surface area contributed by atoms with E-state index in [0.717, 1.165) is 25.7 Å². The summed E-state index contributed by atoms with van der Waals surface area (Å²) in [6.45, 7) is 2.51. The third kappa shape index (κ3) is 4.49. The van der Waals surface area contributed by atoms with Gasteiger partial charge in [0.1, 0.15) is 5.76 Å². The highest BCUT2D eigenvalue weighted by Crippen LogP contribution is 2.31. The molecule has 2 N–H and O–H groups in total. The summed E-state index contributed by atoms with van der Waals surface area (Å²) >= 11 is 3.20. The molecule has 1 aliphatic rings. The van der Waals surface area contributed by atoms with Crippen LogP contribution in [0.5, 0.6) is 0 Å². The molecule has 0 atom stereocenters. The van der Waals surface area contributed by atoms with E-state index in [4.69, 9.17) is 4.42 Å². The molecule has 20 heavy (non-hydrogen) atoms. The molecule has 4 nitrogen and oxygen atoms in total. The molecule has 0 unspecified atom stereocenters. The summed E-state index contributed by atoms with van der Waals surface area (Å²) in [5.74, 6) is 1.06. The maximum absolute atomic E-state index is 11.7. The highest BCUT2D eigenvalue weighted by atomic mass is 79.9. The Kier molecular flexibility index (Phi) is 5.05. The van der Waals surface area contributed by atoms with Gasteiger partial charge in [-0.05, 0) is 65.7 Å². The zero-order chi connectivity index (χ0) is 14.6. The number of rotatable bonds is 4. The van der Waals surface area contributed by atoms with Crippen LogP contribution in [0.4, 0.5) is 0 Å². The van der Waals surface area contributed by atoms with E-state index in [9.17, 15) is 9.90 Å². The monoisotopic (exact) mass is 341 g/mol. The van der Waals surface area contributed by atoms with Crippen LogP contribution in [0.1, 0.15) is 38.4 Å². The van der Waals surface area contributed by atoms with Crippen LogP contribution in [0.2, 0.25) is 0 Å². The lowest BCUT2D eigenvalue weighted by molar-refractivity contribution is -0.118. The fraction of sp³-hybridized carbons (Fsp3) is 0.533. The molecule has 5 heteroatoms. The summed E-state index contributed by atoms with van der Waals surface area (Å²) in [7, 11) is 0. The van der Waals surface area contributed by atoms with Crippen LogP contribution < -0.4 is 5.32 Å². The van der Waals surface area contributed by atoms with Gasteiger partial charge in [-0.15, -0.1) is 0 Å². The third-order valence-corrected chi connectivity index (χ3v) is 4.22. The molecule has 0 saturated heterocycles. The van der Waals surface area contributed by atoms with Crippen molar-refractivity contribution in [3.63, 3.8) is 0 Å². The van der Waals surface area contributed by atoms with Gasteiger partial charge in [0.05, 0.1) is 5.60 Å². The molecule has 0 spiro atoms. The highest BCUT2D eigenvalue weighted by molar-refractivity contribution is 9.10. The van der Waals surface area contributed by atoms with Crippen LogP contribution in [-0.4, -0.2) is 23.2 Å². The molecule has 0 aromatic carbocycles. The molecule has 1 aromatic heterocycles. The second kappa shape index (κ2) is 6.59. The van der Waals surface area contributed by atoms with Crippen molar-refractivity contribution in [2.75, 3.05) is 6.54 Å². The summed E-state index contributed by atoms with van der Waals surface area (Å²) in [5, 5.41) is 13.1. The first-order chi connectivity index (χ1) is 9.47. The minimum absolute atomic E-state index is 0.218. The number of amides is 1. The van der Waals surface area contributed by atoms with Crippen LogP contribution in [0.15, 0.2) is 27.3 Å². The van der Waals surface area contributed by atoms with Gasteiger partial charge in [-0.25, -0.2) is 0 Å². The van der Waals surface area contributed by atoms with Gasteiger partial charge < -0.3 is 14.8 Å². The first kappa shape index (κ1) is 15.3. The molecule has 110 valence electrons. The van der Waals surface area contributed by atoms with Crippen molar-refractivity contribution in [2.24, 2.45) is 5.92 Å². The number of carbonyl (C=O) groups is 1. The number of halogens is 1. The molecule has 1 aliphatic carbocycles. The number of furan rings is 1. The van der Waals surface area contributed by atoms with Crippen molar-refractivity contribution in [1.29, 1.82) is 0 Å². The average Bonchev–Trinajstić information content (AvgIpc) is 2.84. The lowest BCUT2D eigenvalue weighted by atomic mass is 9.79. The van der Waals surface area contributed by atoms with Gasteiger partial charge in [0.25, 0.3) is 0 Å². The van der Waals surface area contributed by atoms with E-state index < -0.39 is 5.60 Å². The number of hydrogen-bond donors (Lipinski definition) is 2. The molecular weight excluding hydrogens is 322 g/mol. The Bertz CT molecular complexity index is 487. The summed E-state index contributed by atoms with van der Waals surface area (Å²) in [5.41, 5.74) is -0.746. The highest BCUT2D eigenvalue weighted by Gasteiger charge is 2.31. The van der Waals surface area contributed by atoms with Gasteiger partial charge in [-0.2, -0.15) is 0 Å². The molecule has 1 saturated carbocycles. The van der Waals surface area contributed by atoms with Gasteiger partial charge in [0.2, 0.25) is 5.91 Å². The molecule has 0 radical (unpaired) electrons. The summed E-state index contributed by atoms with van der Waals surface area (Å²) in [4.78, 5) is 11.7. The van der Waals surface area contributed by atoms with Crippen molar-refractivity contribution in [2.45, 2.75) is 38.2 Å². The van der Waals surface area contributed by atoms with Crippen molar-refractivity contribution >= 4 is 27.9 Å². The molecule has 0 bridgehead atoms. The number of nitrogens with one attached hydrogen (secondary N) is 1. The Morgan fingerprint density at radius 2 is 2.25 bits per heavy atom. The molecule has 2 rings (SSSR count). The van der Waals surface area contributed by atoms with Crippen LogP contribution in [-0.2, 0) is 4.79 Å². The van der Waals surface area contributed by atoms with E-state index in [1.807, 2.05) is 0 Å². The van der Waals surface area contributed by atoms with E-state index in [-0.39, 0.29) is 5.91 Å². The maximum atomic E-state index is 11.7. The van der Waals surface area contributed by atoms with Gasteiger partial charge in [0, 0.05) is 12.6 Å². The molecule has 0 aliphatic heterocycles. The Morgan fingerprint density at radius 1 is 1.55 bits per heavy atom. The predicted molar refractivity (Wildman–Crippen MR) is 81.0 cm³/mol. The first-order valence-electron chi connectivity index (χ1n) is 6.90. The Labute approximate surface area is 127 Å². The Morgan fingerprint density at radius 3 is 2.85 bits per heavy atom. The van der Waals surface area contributed by atoms with Crippen LogP contribution in [0, 0.1) is 5.92 Å². The maximum Gasteiger partial charge on any atom is 0.244 e. The summed E-state index contributed by atoms with van der Waals surface area (Å²) in [6.07, 6.45) is 6.56. The van der Waals surface area contributed by atoms with Crippen LogP contribution >= 0.6 is 15.9 Å². The number of carbonyl (C=O) groups excluding carboxylic acids is 1. The van der Waals surface area contributed by atoms with Crippen molar-refractivity contribution in [3.05, 3.63) is 28.6 Å². The van der Waals surface area contributed by atoms with Gasteiger partial charge in [-0.1, -0.05) is 6.92 Å². The smallest absolute Gasteiger partial charge is 0.244 e. The van der Waals surface area contributed by atoms with E-state index in [0.29, 0.717) is 22.9 Å². The lowest BCUT2D eigenvalue weighted by Crippen LogP contribution is -2.44. The van der Waals surface area contributed by atoms with Crippen molar-refractivity contribution < 1.29 is 14.3 Å². The quantitative estimate of drug-likeness (QED) is 0.827. The Hall–Kier alpha value is -1.07. The largest absolute Gasteiger partial charge is 0.450 e. The molecule has 1 heterocycles. The van der Waals surface area contributed by atoms with Crippen LogP contribution in [0.25, 0.3) is 6.08 Å². The number of hydrogen-bond acceptors (Lipinski definition) is 3. The standard InChI is InChI=1S/C15H20BrNO3/c1-11-6-8-15(19,9-7-11)10-17-14(18)5-3-12-2-4-13(16)20-12/h2-5,11,19H,6-10H2,1H3,(H,17,18). The fourth-order valence-electron chi connectivity index (χ4n) is 2.36. The molecular formula is C15H20BrNO3. The predicted octanol–water partition coefficient (Wildman–Crippen LogP) is 3.11. The number of aliphatic hydroxyl groups is 1. The van der Waals surface area contributed by atoms with Crippen molar-refractivity contribution in [1.82, 2.24) is 5.32 Å². The zero-order valence-electron chi connectivity index (χ0n) is 11.6. The molecule has 1 amide bonds. The fourth-order valence-corrected chi connectivity index (χ4v) is 2.68. The topological polar surface area (TPSA) is 62.5 Å². The van der Waals surface area contributed by atoms with E-state index in [2.05, 4.69) is 28.2 Å². The molecule has 1 aromatic rings. The van der Waals surface area contributed by atoms with E-state index in [1.165, 1.54) is 6.08 Å². The van der Waals surface area contributed by atoms with Gasteiger partial charge in [0.15, 0.2) is 4.67 Å². The van der Waals surface area contributed by atoms with E-state index in [1.54, 1.807) is 18.2 Å². The summed E-state index contributed by atoms with van der Waals surface area (Å²) < 4.78 is 5.89. The lowest BCUT2D eigenvalue weighted by Gasteiger charge is -2.34. The second-order valence-electron chi connectivity index (χ2n) is 5.60. The third-order valence-electron chi connectivity index (χ3n) is 3.79. The van der Waals surface area contributed by atoms with Gasteiger partial charge >= 0.3 is 0 Å². The minimum Gasteiger partial charge on any atom is -0.450 e. The SMILES string of the molecule is CC1CCC(O)(CNC(=O)C=Cc2ccc(Br)o2)CC1. The zero-order valence-corrected chi connectivity index (χ0v) is 13.1. The Balaban J connectivity index is 1.79.